The fraction of sp³-hybridized carbons (Fsp3) is 0.968. The number of carboxylic acid groups (broad SMARTS) is 1. The summed E-state index contributed by atoms with van der Waals surface area (Å²) in [5.41, 5.74) is 0. The maximum absolute atomic E-state index is 10.8. The van der Waals surface area contributed by atoms with Crippen LogP contribution in [0.25, 0.3) is 0 Å². The molecular weight excluding hydrogens is 418 g/mol. The van der Waals surface area contributed by atoms with E-state index in [4.69, 9.17) is 5.11 Å². The molecule has 0 aromatic rings. The van der Waals surface area contributed by atoms with Gasteiger partial charge in [0.15, 0.2) is 0 Å². The molecule has 0 aromatic heterocycles. The fourth-order valence-electron chi connectivity index (χ4n) is 4.95. The minimum absolute atomic E-state index is 0.324. The molecule has 0 aliphatic heterocycles. The molecule has 0 saturated heterocycles. The average molecular weight is 482 g/mol. The van der Waals surface area contributed by atoms with Crippen molar-refractivity contribution in [2.24, 2.45) is 0 Å². The molecule has 0 radical (unpaired) electrons. The van der Waals surface area contributed by atoms with E-state index in [1.807, 2.05) is 0 Å². The van der Waals surface area contributed by atoms with Gasteiger partial charge in [-0.3, -0.25) is 4.79 Å². The number of aliphatic carboxylic acids is 1. The second-order valence-electron chi connectivity index (χ2n) is 10.8. The molecule has 0 aromatic carbocycles. The van der Waals surface area contributed by atoms with Gasteiger partial charge in [0.1, 0.15) is 0 Å². The molecule has 0 heterocycles. The minimum Gasteiger partial charge on any atom is -0.481 e. The molecule has 0 atom stereocenters. The number of rotatable bonds is 29. The Balaban J connectivity index is 3.76. The molecule has 0 bridgehead atoms. The molecule has 0 saturated carbocycles. The first kappa shape index (κ1) is 33.4. The smallest absolute Gasteiger partial charge is 0.303 e. The Morgan fingerprint density at radius 2 is 0.706 bits per heavy atom. The largest absolute Gasteiger partial charge is 0.481 e. The van der Waals surface area contributed by atoms with E-state index in [-0.39, 0.29) is 0 Å². The quantitative estimate of drug-likeness (QED) is 0.108. The Bertz CT molecular complexity index is 373. The summed E-state index contributed by atoms with van der Waals surface area (Å²) in [4.78, 5) is 13.4. The molecule has 204 valence electrons. The van der Waals surface area contributed by atoms with Gasteiger partial charge in [0, 0.05) is 6.42 Å². The molecule has 3 heteroatoms. The van der Waals surface area contributed by atoms with E-state index < -0.39 is 5.97 Å². The van der Waals surface area contributed by atoms with Crippen LogP contribution in [0.3, 0.4) is 0 Å². The summed E-state index contributed by atoms with van der Waals surface area (Å²) in [5.74, 6) is -0.651. The molecular formula is C31H63NO2. The number of carboxylic acids is 1. The number of hydrogen-bond donors (Lipinski definition) is 1. The van der Waals surface area contributed by atoms with Gasteiger partial charge in [0.05, 0.1) is 0 Å². The lowest BCUT2D eigenvalue weighted by Gasteiger charge is -2.22. The highest BCUT2D eigenvalue weighted by Gasteiger charge is 2.06. The van der Waals surface area contributed by atoms with Crippen molar-refractivity contribution in [3.63, 3.8) is 0 Å². The summed E-state index contributed by atoms with van der Waals surface area (Å²) < 4.78 is 0. The van der Waals surface area contributed by atoms with E-state index in [0.717, 1.165) is 19.4 Å². The normalized spacial score (nSPS) is 11.5. The SMILES string of the molecule is CCCCCCCCCCCCCN(CCCCCCCCCCCCC)CCCCC(=O)O. The molecule has 3 nitrogen and oxygen atoms in total. The van der Waals surface area contributed by atoms with Crippen molar-refractivity contribution in [2.75, 3.05) is 19.6 Å². The molecule has 0 fully saturated rings. The van der Waals surface area contributed by atoms with Crippen LogP contribution >= 0.6 is 0 Å². The summed E-state index contributed by atoms with van der Waals surface area (Å²) in [7, 11) is 0. The maximum atomic E-state index is 10.8. The summed E-state index contributed by atoms with van der Waals surface area (Å²) in [6.45, 7) is 8.08. The summed E-state index contributed by atoms with van der Waals surface area (Å²) in [6.07, 6.45) is 32.9. The van der Waals surface area contributed by atoms with Crippen LogP contribution in [0.2, 0.25) is 0 Å². The highest BCUT2D eigenvalue weighted by molar-refractivity contribution is 5.66. The van der Waals surface area contributed by atoms with Crippen LogP contribution in [0.1, 0.15) is 174 Å². The Morgan fingerprint density at radius 1 is 0.441 bits per heavy atom. The van der Waals surface area contributed by atoms with E-state index >= 15 is 0 Å². The third-order valence-corrected chi connectivity index (χ3v) is 7.27. The Labute approximate surface area is 214 Å². The Morgan fingerprint density at radius 3 is 1.00 bits per heavy atom. The molecule has 0 unspecified atom stereocenters. The number of unbranched alkanes of at least 4 members (excludes halogenated alkanes) is 21. The van der Waals surface area contributed by atoms with Crippen LogP contribution in [0.4, 0.5) is 0 Å². The highest BCUT2D eigenvalue weighted by Crippen LogP contribution is 2.14. The number of nitrogens with zero attached hydrogens (tertiary/aromatic N) is 1. The maximum Gasteiger partial charge on any atom is 0.303 e. The van der Waals surface area contributed by atoms with Gasteiger partial charge in [-0.15, -0.1) is 0 Å². The van der Waals surface area contributed by atoms with E-state index in [2.05, 4.69) is 18.7 Å². The highest BCUT2D eigenvalue weighted by atomic mass is 16.4. The fourth-order valence-corrected chi connectivity index (χ4v) is 4.95. The molecule has 34 heavy (non-hydrogen) atoms. The second-order valence-corrected chi connectivity index (χ2v) is 10.8. The molecule has 1 N–H and O–H groups in total. The zero-order valence-electron chi connectivity index (χ0n) is 23.6. The zero-order valence-corrected chi connectivity index (χ0v) is 23.6. The van der Waals surface area contributed by atoms with Crippen LogP contribution in [0.15, 0.2) is 0 Å². The minimum atomic E-state index is -0.651. The van der Waals surface area contributed by atoms with Crippen LogP contribution in [-0.4, -0.2) is 35.6 Å². The first-order valence-corrected chi connectivity index (χ1v) is 15.6. The van der Waals surface area contributed by atoms with Gasteiger partial charge in [-0.1, -0.05) is 142 Å². The Hall–Kier alpha value is -0.570. The van der Waals surface area contributed by atoms with Gasteiger partial charge in [-0.2, -0.15) is 0 Å². The van der Waals surface area contributed by atoms with Crippen LogP contribution < -0.4 is 0 Å². The Kier molecular flexibility index (Phi) is 28.2. The lowest BCUT2D eigenvalue weighted by atomic mass is 10.1. The van der Waals surface area contributed by atoms with Gasteiger partial charge in [0.2, 0.25) is 0 Å². The van der Waals surface area contributed by atoms with Gasteiger partial charge in [-0.05, 0) is 45.3 Å². The van der Waals surface area contributed by atoms with Crippen molar-refractivity contribution in [3.8, 4) is 0 Å². The van der Waals surface area contributed by atoms with Gasteiger partial charge in [-0.25, -0.2) is 0 Å². The first-order chi connectivity index (χ1) is 16.7. The van der Waals surface area contributed by atoms with Crippen molar-refractivity contribution in [2.45, 2.75) is 174 Å². The monoisotopic (exact) mass is 481 g/mol. The van der Waals surface area contributed by atoms with E-state index in [1.54, 1.807) is 0 Å². The van der Waals surface area contributed by atoms with Gasteiger partial charge >= 0.3 is 5.97 Å². The standard InChI is InChI=1S/C31H63NO2/c1-3-5-7-9-11-13-15-17-19-21-24-28-32(30-26-23-27-31(33)34)29-25-22-20-18-16-14-12-10-8-6-4-2/h3-30H2,1-2H3,(H,33,34). The lowest BCUT2D eigenvalue weighted by molar-refractivity contribution is -0.137. The summed E-state index contributed by atoms with van der Waals surface area (Å²) in [6, 6.07) is 0. The van der Waals surface area contributed by atoms with Gasteiger partial charge < -0.3 is 10.0 Å². The molecule has 0 spiro atoms. The molecule has 0 aliphatic carbocycles. The third kappa shape index (κ3) is 27.7. The van der Waals surface area contributed by atoms with Crippen LogP contribution in [0.5, 0.6) is 0 Å². The van der Waals surface area contributed by atoms with Crippen LogP contribution in [0, 0.1) is 0 Å². The molecule has 0 amide bonds. The topological polar surface area (TPSA) is 40.5 Å². The van der Waals surface area contributed by atoms with Crippen LogP contribution in [-0.2, 0) is 4.79 Å². The van der Waals surface area contributed by atoms with E-state index in [0.29, 0.717) is 6.42 Å². The van der Waals surface area contributed by atoms with Gasteiger partial charge in [0.25, 0.3) is 0 Å². The third-order valence-electron chi connectivity index (χ3n) is 7.27. The molecule has 0 aliphatic rings. The predicted octanol–water partition coefficient (Wildman–Crippen LogP) is 10.2. The van der Waals surface area contributed by atoms with Crippen molar-refractivity contribution in [3.05, 3.63) is 0 Å². The zero-order chi connectivity index (χ0) is 25.0. The summed E-state index contributed by atoms with van der Waals surface area (Å²) >= 11 is 0. The van der Waals surface area contributed by atoms with Crippen molar-refractivity contribution < 1.29 is 9.90 Å². The summed E-state index contributed by atoms with van der Waals surface area (Å²) in [5, 5.41) is 8.90. The number of carbonyl (C=O) groups is 1. The first-order valence-electron chi connectivity index (χ1n) is 15.6. The number of hydrogen-bond acceptors (Lipinski definition) is 2. The average Bonchev–Trinajstić information content (AvgIpc) is 2.82. The predicted molar refractivity (Wildman–Crippen MR) is 151 cm³/mol. The van der Waals surface area contributed by atoms with Crippen molar-refractivity contribution >= 4 is 5.97 Å². The van der Waals surface area contributed by atoms with Crippen molar-refractivity contribution in [1.29, 1.82) is 0 Å². The van der Waals surface area contributed by atoms with E-state index in [9.17, 15) is 4.79 Å². The second kappa shape index (κ2) is 28.7. The molecule has 0 rings (SSSR count). The van der Waals surface area contributed by atoms with Crippen molar-refractivity contribution in [1.82, 2.24) is 4.90 Å². The lowest BCUT2D eigenvalue weighted by Crippen LogP contribution is -2.27. The van der Waals surface area contributed by atoms with E-state index in [1.165, 1.54) is 154 Å².